The van der Waals surface area contributed by atoms with Crippen LogP contribution in [0.4, 0.5) is 18.0 Å². The number of aromatic nitrogens is 1. The van der Waals surface area contributed by atoms with Gasteiger partial charge in [0.25, 0.3) is 0 Å². The molecule has 2 atom stereocenters. The van der Waals surface area contributed by atoms with Gasteiger partial charge >= 0.3 is 12.2 Å². The predicted molar refractivity (Wildman–Crippen MR) is 138 cm³/mol. The number of nitrogens with zero attached hydrogens (tertiary/aromatic N) is 4. The van der Waals surface area contributed by atoms with E-state index in [9.17, 15) is 26.4 Å². The minimum absolute atomic E-state index is 0.0207. The van der Waals surface area contributed by atoms with Crippen molar-refractivity contribution >= 4 is 51.0 Å². The van der Waals surface area contributed by atoms with Crippen molar-refractivity contribution in [1.29, 1.82) is 0 Å². The van der Waals surface area contributed by atoms with Gasteiger partial charge in [0.2, 0.25) is 10.0 Å². The van der Waals surface area contributed by atoms with Gasteiger partial charge in [-0.05, 0) is 35.7 Å². The van der Waals surface area contributed by atoms with Crippen LogP contribution in [0.3, 0.4) is 0 Å². The van der Waals surface area contributed by atoms with Crippen molar-refractivity contribution in [3.8, 4) is 0 Å². The third-order valence-corrected chi connectivity index (χ3v) is 9.74. The molecule has 4 rings (SSSR count). The molecule has 2 fully saturated rings. The first kappa shape index (κ1) is 28.3. The zero-order valence-corrected chi connectivity index (χ0v) is 22.9. The van der Waals surface area contributed by atoms with Gasteiger partial charge in [-0.3, -0.25) is 0 Å². The molecule has 2 amide bonds. The quantitative estimate of drug-likeness (QED) is 0.458. The third-order valence-electron chi connectivity index (χ3n) is 6.57. The van der Waals surface area contributed by atoms with Gasteiger partial charge in [-0.15, -0.1) is 11.8 Å². The van der Waals surface area contributed by atoms with E-state index in [2.05, 4.69) is 4.98 Å². The van der Waals surface area contributed by atoms with Gasteiger partial charge in [0.1, 0.15) is 0 Å². The number of carbonyl (C=O) groups is 1. The van der Waals surface area contributed by atoms with Crippen LogP contribution >= 0.6 is 35.0 Å². The first-order valence-corrected chi connectivity index (χ1v) is 15.0. The molecule has 7 nitrogen and oxygen atoms in total. The Hall–Kier alpha value is -1.73. The molecule has 2 saturated heterocycles. The maximum atomic E-state index is 13.3. The Kier molecular flexibility index (Phi) is 8.54. The summed E-state index contributed by atoms with van der Waals surface area (Å²) in [5, 5.41) is 1.28. The highest BCUT2D eigenvalue weighted by molar-refractivity contribution is 7.99. The van der Waals surface area contributed by atoms with Crippen molar-refractivity contribution in [2.24, 2.45) is 5.92 Å². The maximum absolute atomic E-state index is 13.3. The monoisotopic (exact) mass is 596 g/mol. The first-order valence-electron chi connectivity index (χ1n) is 11.4. The number of rotatable bonds is 5. The minimum Gasteiger partial charge on any atom is -0.324 e. The molecule has 14 heteroatoms. The maximum Gasteiger partial charge on any atom is 0.417 e. The van der Waals surface area contributed by atoms with Crippen LogP contribution in [0, 0.1) is 5.92 Å². The number of pyridine rings is 1. The molecule has 0 aliphatic carbocycles. The van der Waals surface area contributed by atoms with E-state index in [4.69, 9.17) is 23.2 Å². The number of hydrogen-bond donors (Lipinski definition) is 0. The number of piperazine rings is 1. The molecule has 3 heterocycles. The zero-order valence-electron chi connectivity index (χ0n) is 19.8. The summed E-state index contributed by atoms with van der Waals surface area (Å²) in [6.45, 7) is 1.95. The summed E-state index contributed by atoms with van der Waals surface area (Å²) < 4.78 is 63.5. The number of urea groups is 1. The molecule has 1 unspecified atom stereocenters. The van der Waals surface area contributed by atoms with Gasteiger partial charge in [0.05, 0.1) is 26.9 Å². The Balaban J connectivity index is 1.47. The number of benzene rings is 1. The van der Waals surface area contributed by atoms with E-state index in [0.29, 0.717) is 47.0 Å². The van der Waals surface area contributed by atoms with E-state index in [-0.39, 0.29) is 31.0 Å². The largest absolute Gasteiger partial charge is 0.417 e. The lowest BCUT2D eigenvalue weighted by atomic mass is 9.90. The summed E-state index contributed by atoms with van der Waals surface area (Å²) in [6.07, 6.45) is -2.48. The number of likely N-dealkylation sites (tertiary alicyclic amines) is 1. The SMILES string of the molecule is CS(=O)(=O)N1CCN(C(=O)N2CC(CSc3ccc(C(F)(F)F)cn3)[C@@H](c3ccc(Cl)c(Cl)c3)C2)CC1. The summed E-state index contributed by atoms with van der Waals surface area (Å²) in [5.41, 5.74) is 0.108. The number of alkyl halides is 3. The lowest BCUT2D eigenvalue weighted by Crippen LogP contribution is -2.53. The number of thioether (sulfide) groups is 1. The van der Waals surface area contributed by atoms with Crippen LogP contribution in [0.25, 0.3) is 0 Å². The fourth-order valence-electron chi connectivity index (χ4n) is 4.55. The van der Waals surface area contributed by atoms with Gasteiger partial charge in [-0.1, -0.05) is 29.3 Å². The van der Waals surface area contributed by atoms with Gasteiger partial charge in [0.15, 0.2) is 0 Å². The second kappa shape index (κ2) is 11.2. The molecular weight excluding hydrogens is 572 g/mol. The van der Waals surface area contributed by atoms with Gasteiger partial charge in [-0.25, -0.2) is 18.2 Å². The van der Waals surface area contributed by atoms with E-state index in [1.54, 1.807) is 21.9 Å². The predicted octanol–water partition coefficient (Wildman–Crippen LogP) is 4.91. The van der Waals surface area contributed by atoms with Crippen LogP contribution in [0.1, 0.15) is 17.0 Å². The highest BCUT2D eigenvalue weighted by Gasteiger charge is 2.39. The molecule has 0 saturated carbocycles. The summed E-state index contributed by atoms with van der Waals surface area (Å²) in [6, 6.07) is 7.54. The van der Waals surface area contributed by atoms with Gasteiger partial charge < -0.3 is 9.80 Å². The molecule has 1 aromatic carbocycles. The number of sulfonamides is 1. The molecular formula is C23H25Cl2F3N4O3S2. The Bertz CT molecular complexity index is 1240. The number of hydrogen-bond acceptors (Lipinski definition) is 5. The molecule has 0 bridgehead atoms. The fourth-order valence-corrected chi connectivity index (χ4v) is 6.70. The average Bonchev–Trinajstić information content (AvgIpc) is 3.27. The second-order valence-electron chi connectivity index (χ2n) is 9.07. The van der Waals surface area contributed by atoms with Crippen LogP contribution in [-0.4, -0.2) is 84.8 Å². The van der Waals surface area contributed by atoms with E-state index < -0.39 is 21.8 Å². The highest BCUT2D eigenvalue weighted by atomic mass is 35.5. The minimum atomic E-state index is -4.45. The molecule has 1 aromatic heterocycles. The molecule has 0 radical (unpaired) electrons. The summed E-state index contributed by atoms with van der Waals surface area (Å²) in [7, 11) is -3.31. The molecule has 202 valence electrons. The molecule has 2 aliphatic heterocycles. The smallest absolute Gasteiger partial charge is 0.324 e. The molecule has 37 heavy (non-hydrogen) atoms. The van der Waals surface area contributed by atoms with E-state index in [1.807, 2.05) is 6.07 Å². The molecule has 2 aromatic rings. The van der Waals surface area contributed by atoms with Crippen LogP contribution in [-0.2, 0) is 16.2 Å². The Morgan fingerprint density at radius 2 is 1.76 bits per heavy atom. The van der Waals surface area contributed by atoms with E-state index in [0.717, 1.165) is 24.1 Å². The first-order chi connectivity index (χ1) is 17.3. The normalized spacial score (nSPS) is 21.5. The lowest BCUT2D eigenvalue weighted by molar-refractivity contribution is -0.137. The summed E-state index contributed by atoms with van der Waals surface area (Å²) >= 11 is 13.7. The standard InChI is InChI=1S/C23H25Cl2F3N4O3S2/c1-37(34,35)32-8-6-30(7-9-32)22(33)31-12-16(18(13-31)15-2-4-19(24)20(25)10-15)14-36-21-5-3-17(11-29-21)23(26,27)28/h2-5,10-11,16,18H,6-9,12-14H2,1H3/t16?,18-/m1/s1. The van der Waals surface area contributed by atoms with Gasteiger partial charge in [0, 0.05) is 57.1 Å². The van der Waals surface area contributed by atoms with Crippen molar-refractivity contribution in [2.75, 3.05) is 51.3 Å². The van der Waals surface area contributed by atoms with Crippen LogP contribution in [0.2, 0.25) is 10.0 Å². The Morgan fingerprint density at radius 3 is 2.32 bits per heavy atom. The highest BCUT2D eigenvalue weighted by Crippen LogP contribution is 2.39. The average molecular weight is 598 g/mol. The van der Waals surface area contributed by atoms with Crippen molar-refractivity contribution in [2.45, 2.75) is 17.1 Å². The third kappa shape index (κ3) is 6.83. The van der Waals surface area contributed by atoms with E-state index in [1.165, 1.54) is 22.1 Å². The second-order valence-corrected chi connectivity index (χ2v) is 12.9. The van der Waals surface area contributed by atoms with Crippen molar-refractivity contribution in [3.63, 3.8) is 0 Å². The zero-order chi connectivity index (χ0) is 27.0. The van der Waals surface area contributed by atoms with Crippen molar-refractivity contribution in [1.82, 2.24) is 19.1 Å². The van der Waals surface area contributed by atoms with Crippen molar-refractivity contribution < 1.29 is 26.4 Å². The number of amides is 2. The summed E-state index contributed by atoms with van der Waals surface area (Å²) in [5.74, 6) is 0.431. The van der Waals surface area contributed by atoms with Crippen LogP contribution in [0.15, 0.2) is 41.6 Å². The fraction of sp³-hybridized carbons (Fsp3) is 0.478. The lowest BCUT2D eigenvalue weighted by Gasteiger charge is -2.35. The molecule has 0 spiro atoms. The Morgan fingerprint density at radius 1 is 1.05 bits per heavy atom. The molecule has 2 aliphatic rings. The number of carbonyl (C=O) groups excluding carboxylic acids is 1. The van der Waals surface area contributed by atoms with Crippen LogP contribution < -0.4 is 0 Å². The molecule has 0 N–H and O–H groups in total. The van der Waals surface area contributed by atoms with Gasteiger partial charge in [-0.2, -0.15) is 17.5 Å². The van der Waals surface area contributed by atoms with Crippen LogP contribution in [0.5, 0.6) is 0 Å². The van der Waals surface area contributed by atoms with E-state index >= 15 is 0 Å². The Labute approximate surface area is 228 Å². The van der Waals surface area contributed by atoms with Crippen molar-refractivity contribution in [3.05, 3.63) is 57.7 Å². The summed E-state index contributed by atoms with van der Waals surface area (Å²) in [4.78, 5) is 20.7. The topological polar surface area (TPSA) is 73.8 Å². The number of halogens is 5.